The fraction of sp³-hybridized carbons (Fsp3) is 0.235. The molecular weight excluding hydrogens is 272 g/mol. The van der Waals surface area contributed by atoms with E-state index in [9.17, 15) is 4.79 Å². The molecular formula is C17H17ClO2. The van der Waals surface area contributed by atoms with Gasteiger partial charge in [0.1, 0.15) is 11.5 Å². The second kappa shape index (κ2) is 5.68. The van der Waals surface area contributed by atoms with Crippen LogP contribution in [0.3, 0.4) is 0 Å². The van der Waals surface area contributed by atoms with Crippen molar-refractivity contribution >= 4 is 17.9 Å². The lowest BCUT2D eigenvalue weighted by atomic mass is 9.87. The van der Waals surface area contributed by atoms with E-state index in [1.54, 1.807) is 18.2 Å². The molecule has 0 heterocycles. The van der Waals surface area contributed by atoms with Gasteiger partial charge in [-0.05, 0) is 41.3 Å². The summed E-state index contributed by atoms with van der Waals surface area (Å²) in [6.07, 6.45) is 0.741. The Morgan fingerprint density at radius 2 is 1.70 bits per heavy atom. The minimum atomic E-state index is 0.104. The van der Waals surface area contributed by atoms with Crippen LogP contribution < -0.4 is 4.74 Å². The quantitative estimate of drug-likeness (QED) is 0.722. The largest absolute Gasteiger partial charge is 0.457 e. The summed E-state index contributed by atoms with van der Waals surface area (Å²) in [7, 11) is 0. The molecule has 2 aromatic rings. The lowest BCUT2D eigenvalue weighted by molar-refractivity contribution is 0.112. The maximum atomic E-state index is 11.0. The second-order valence-corrected chi connectivity index (χ2v) is 6.11. The molecule has 0 spiro atoms. The zero-order valence-electron chi connectivity index (χ0n) is 11.8. The molecule has 0 fully saturated rings. The van der Waals surface area contributed by atoms with E-state index in [1.165, 1.54) is 5.56 Å². The van der Waals surface area contributed by atoms with Crippen molar-refractivity contribution in [2.75, 3.05) is 0 Å². The summed E-state index contributed by atoms with van der Waals surface area (Å²) >= 11 is 5.86. The van der Waals surface area contributed by atoms with Crippen LogP contribution in [0, 0.1) is 0 Å². The molecule has 0 saturated carbocycles. The summed E-state index contributed by atoms with van der Waals surface area (Å²) in [6, 6.07) is 12.9. The van der Waals surface area contributed by atoms with E-state index in [2.05, 4.69) is 20.8 Å². The third kappa shape index (κ3) is 3.40. The van der Waals surface area contributed by atoms with Gasteiger partial charge in [0.05, 0.1) is 5.56 Å². The molecule has 2 aromatic carbocycles. The number of hydrogen-bond donors (Lipinski definition) is 0. The van der Waals surface area contributed by atoms with Crippen LogP contribution in [0.1, 0.15) is 36.7 Å². The fourth-order valence-corrected chi connectivity index (χ4v) is 2.03. The SMILES string of the molecule is CC(C)(C)c1ccc(Oc2ccc(Cl)cc2C=O)cc1. The van der Waals surface area contributed by atoms with Gasteiger partial charge in [-0.3, -0.25) is 4.79 Å². The van der Waals surface area contributed by atoms with Gasteiger partial charge < -0.3 is 4.74 Å². The zero-order chi connectivity index (χ0) is 14.8. The average Bonchev–Trinajstić information content (AvgIpc) is 2.40. The van der Waals surface area contributed by atoms with Gasteiger partial charge in [0.15, 0.2) is 6.29 Å². The molecule has 20 heavy (non-hydrogen) atoms. The van der Waals surface area contributed by atoms with Gasteiger partial charge in [-0.2, -0.15) is 0 Å². The highest BCUT2D eigenvalue weighted by molar-refractivity contribution is 6.30. The Labute approximate surface area is 124 Å². The number of benzene rings is 2. The third-order valence-electron chi connectivity index (χ3n) is 3.05. The van der Waals surface area contributed by atoms with Crippen LogP contribution in [0.5, 0.6) is 11.5 Å². The summed E-state index contributed by atoms with van der Waals surface area (Å²) in [5.41, 5.74) is 1.78. The van der Waals surface area contributed by atoms with Gasteiger partial charge in [-0.1, -0.05) is 44.5 Å². The van der Waals surface area contributed by atoms with Gasteiger partial charge >= 0.3 is 0 Å². The first kappa shape index (κ1) is 14.6. The molecule has 0 radical (unpaired) electrons. The number of carbonyl (C=O) groups excluding carboxylic acids is 1. The third-order valence-corrected chi connectivity index (χ3v) is 3.28. The highest BCUT2D eigenvalue weighted by Gasteiger charge is 2.13. The van der Waals surface area contributed by atoms with Crippen LogP contribution in [0.15, 0.2) is 42.5 Å². The Hall–Kier alpha value is -1.80. The van der Waals surface area contributed by atoms with Crippen molar-refractivity contribution < 1.29 is 9.53 Å². The summed E-state index contributed by atoms with van der Waals surface area (Å²) in [5.74, 6) is 1.20. The van der Waals surface area contributed by atoms with Crippen molar-refractivity contribution in [2.45, 2.75) is 26.2 Å². The molecule has 0 aromatic heterocycles. The lowest BCUT2D eigenvalue weighted by Gasteiger charge is -2.19. The molecule has 0 bridgehead atoms. The van der Waals surface area contributed by atoms with Crippen LogP contribution >= 0.6 is 11.6 Å². The second-order valence-electron chi connectivity index (χ2n) is 5.68. The Balaban J connectivity index is 2.25. The highest BCUT2D eigenvalue weighted by atomic mass is 35.5. The van der Waals surface area contributed by atoms with Crippen molar-refractivity contribution in [1.29, 1.82) is 0 Å². The predicted molar refractivity (Wildman–Crippen MR) is 82.1 cm³/mol. The van der Waals surface area contributed by atoms with E-state index in [0.29, 0.717) is 22.1 Å². The zero-order valence-corrected chi connectivity index (χ0v) is 12.6. The predicted octanol–water partition coefficient (Wildman–Crippen LogP) is 5.24. The number of aldehydes is 1. The minimum Gasteiger partial charge on any atom is -0.457 e. The maximum Gasteiger partial charge on any atom is 0.153 e. The summed E-state index contributed by atoms with van der Waals surface area (Å²) in [5, 5.41) is 0.516. The lowest BCUT2D eigenvalue weighted by Crippen LogP contribution is -2.10. The minimum absolute atomic E-state index is 0.104. The highest BCUT2D eigenvalue weighted by Crippen LogP contribution is 2.29. The fourth-order valence-electron chi connectivity index (χ4n) is 1.85. The van der Waals surface area contributed by atoms with E-state index >= 15 is 0 Å². The molecule has 0 aliphatic heterocycles. The molecule has 0 aliphatic carbocycles. The average molecular weight is 289 g/mol. The number of halogens is 1. The first-order valence-electron chi connectivity index (χ1n) is 6.43. The van der Waals surface area contributed by atoms with Gasteiger partial charge in [0, 0.05) is 5.02 Å². The van der Waals surface area contributed by atoms with E-state index in [1.807, 2.05) is 24.3 Å². The van der Waals surface area contributed by atoms with Crippen LogP contribution in [-0.2, 0) is 5.41 Å². The van der Waals surface area contributed by atoms with E-state index in [4.69, 9.17) is 16.3 Å². The van der Waals surface area contributed by atoms with Gasteiger partial charge in [-0.25, -0.2) is 0 Å². The van der Waals surface area contributed by atoms with Crippen LogP contribution in [0.25, 0.3) is 0 Å². The van der Waals surface area contributed by atoms with Crippen LogP contribution in [0.4, 0.5) is 0 Å². The number of ether oxygens (including phenoxy) is 1. The van der Waals surface area contributed by atoms with Gasteiger partial charge in [-0.15, -0.1) is 0 Å². The molecule has 0 amide bonds. The molecule has 104 valence electrons. The van der Waals surface area contributed by atoms with E-state index < -0.39 is 0 Å². The number of hydrogen-bond acceptors (Lipinski definition) is 2. The van der Waals surface area contributed by atoms with E-state index in [0.717, 1.165) is 6.29 Å². The molecule has 2 nitrogen and oxygen atoms in total. The first-order chi connectivity index (χ1) is 9.40. The topological polar surface area (TPSA) is 26.3 Å². The monoisotopic (exact) mass is 288 g/mol. The summed E-state index contributed by atoms with van der Waals surface area (Å²) in [6.45, 7) is 6.48. The maximum absolute atomic E-state index is 11.0. The first-order valence-corrected chi connectivity index (χ1v) is 6.81. The Morgan fingerprint density at radius 3 is 2.25 bits per heavy atom. The molecule has 0 unspecified atom stereocenters. The Bertz CT molecular complexity index is 610. The van der Waals surface area contributed by atoms with E-state index in [-0.39, 0.29) is 5.41 Å². The van der Waals surface area contributed by atoms with Crippen molar-refractivity contribution in [2.24, 2.45) is 0 Å². The molecule has 0 aliphatic rings. The molecule has 0 saturated heterocycles. The van der Waals surface area contributed by atoms with Crippen LogP contribution in [0.2, 0.25) is 5.02 Å². The molecule has 0 N–H and O–H groups in total. The summed E-state index contributed by atoms with van der Waals surface area (Å²) in [4.78, 5) is 11.0. The normalized spacial score (nSPS) is 11.2. The summed E-state index contributed by atoms with van der Waals surface area (Å²) < 4.78 is 5.73. The molecule has 2 rings (SSSR count). The number of rotatable bonds is 3. The smallest absolute Gasteiger partial charge is 0.153 e. The van der Waals surface area contributed by atoms with Crippen molar-refractivity contribution in [3.63, 3.8) is 0 Å². The molecule has 3 heteroatoms. The Morgan fingerprint density at radius 1 is 1.05 bits per heavy atom. The van der Waals surface area contributed by atoms with Gasteiger partial charge in [0.2, 0.25) is 0 Å². The van der Waals surface area contributed by atoms with Crippen molar-refractivity contribution in [3.05, 3.63) is 58.6 Å². The van der Waals surface area contributed by atoms with Gasteiger partial charge in [0.25, 0.3) is 0 Å². The van der Waals surface area contributed by atoms with Crippen LogP contribution in [-0.4, -0.2) is 6.29 Å². The van der Waals surface area contributed by atoms with Crippen molar-refractivity contribution in [1.82, 2.24) is 0 Å². The van der Waals surface area contributed by atoms with Crippen molar-refractivity contribution in [3.8, 4) is 11.5 Å². The standard InChI is InChI=1S/C17H17ClO2/c1-17(2,3)13-4-7-15(8-5-13)20-16-9-6-14(18)10-12(16)11-19/h4-11H,1-3H3. The number of carbonyl (C=O) groups is 1. The Kier molecular flexibility index (Phi) is 4.15. The molecule has 0 atom stereocenters.